The monoisotopic (exact) mass is 210 g/mol. The van der Waals surface area contributed by atoms with Crippen LogP contribution in [0.5, 0.6) is 0 Å². The van der Waals surface area contributed by atoms with Crippen molar-refractivity contribution in [2.75, 3.05) is 26.2 Å². The van der Waals surface area contributed by atoms with E-state index in [-0.39, 0.29) is 0 Å². The van der Waals surface area contributed by atoms with E-state index in [1.54, 1.807) is 0 Å². The van der Waals surface area contributed by atoms with Crippen LogP contribution >= 0.6 is 0 Å². The van der Waals surface area contributed by atoms with Crippen LogP contribution in [0.1, 0.15) is 41.0 Å². The third-order valence-electron chi connectivity index (χ3n) is 5.11. The lowest BCUT2D eigenvalue weighted by Crippen LogP contribution is -2.50. The van der Waals surface area contributed by atoms with Crippen molar-refractivity contribution in [3.8, 4) is 0 Å². The molecule has 0 bridgehead atoms. The molecule has 0 radical (unpaired) electrons. The second-order valence-electron chi connectivity index (χ2n) is 6.16. The highest BCUT2D eigenvalue weighted by Crippen LogP contribution is 2.50. The van der Waals surface area contributed by atoms with Crippen molar-refractivity contribution in [2.45, 2.75) is 52.6 Å². The first-order chi connectivity index (χ1) is 6.93. The molecule has 2 heterocycles. The second-order valence-corrected chi connectivity index (χ2v) is 6.16. The summed E-state index contributed by atoms with van der Waals surface area (Å²) in [5, 5.41) is 0. The summed E-state index contributed by atoms with van der Waals surface area (Å²) in [6.45, 7) is 17.0. The van der Waals surface area contributed by atoms with E-state index in [0.717, 1.165) is 0 Å². The Morgan fingerprint density at radius 2 is 1.87 bits per heavy atom. The van der Waals surface area contributed by atoms with Crippen LogP contribution in [-0.4, -0.2) is 47.6 Å². The number of nitrogens with zero attached hydrogens (tertiary/aromatic N) is 2. The van der Waals surface area contributed by atoms with E-state index in [1.807, 2.05) is 0 Å². The van der Waals surface area contributed by atoms with Gasteiger partial charge in [0.15, 0.2) is 0 Å². The topological polar surface area (TPSA) is 6.48 Å². The van der Waals surface area contributed by atoms with Crippen molar-refractivity contribution in [2.24, 2.45) is 5.41 Å². The van der Waals surface area contributed by atoms with Crippen LogP contribution in [0.4, 0.5) is 0 Å². The number of fused-ring (bicyclic) bond motifs is 1. The highest BCUT2D eigenvalue weighted by atomic mass is 15.3. The van der Waals surface area contributed by atoms with Crippen molar-refractivity contribution in [3.05, 3.63) is 0 Å². The highest BCUT2D eigenvalue weighted by molar-refractivity contribution is 5.13. The van der Waals surface area contributed by atoms with Crippen molar-refractivity contribution < 1.29 is 0 Å². The van der Waals surface area contributed by atoms with Gasteiger partial charge in [-0.15, -0.1) is 0 Å². The fraction of sp³-hybridized carbons (Fsp3) is 1.00. The molecule has 0 aromatic rings. The van der Waals surface area contributed by atoms with Crippen LogP contribution in [0.25, 0.3) is 0 Å². The quantitative estimate of drug-likeness (QED) is 0.689. The van der Waals surface area contributed by atoms with Crippen LogP contribution in [-0.2, 0) is 0 Å². The molecule has 2 saturated heterocycles. The van der Waals surface area contributed by atoms with Gasteiger partial charge in [0.25, 0.3) is 0 Å². The maximum Gasteiger partial charge on any atom is 0.0374 e. The minimum absolute atomic E-state index is 0.423. The van der Waals surface area contributed by atoms with Gasteiger partial charge in [0, 0.05) is 30.1 Å². The molecule has 2 atom stereocenters. The van der Waals surface area contributed by atoms with Crippen LogP contribution < -0.4 is 0 Å². The van der Waals surface area contributed by atoms with Gasteiger partial charge in [0.2, 0.25) is 0 Å². The van der Waals surface area contributed by atoms with Gasteiger partial charge in [-0.25, -0.2) is 0 Å². The van der Waals surface area contributed by atoms with Crippen molar-refractivity contribution in [3.63, 3.8) is 0 Å². The minimum atomic E-state index is 0.423. The van der Waals surface area contributed by atoms with E-state index in [2.05, 4.69) is 44.4 Å². The first kappa shape index (κ1) is 11.4. The Hall–Kier alpha value is -0.0800. The molecule has 2 aliphatic rings. The van der Waals surface area contributed by atoms with E-state index in [0.29, 0.717) is 17.0 Å². The van der Waals surface area contributed by atoms with Gasteiger partial charge in [0.05, 0.1) is 0 Å². The van der Waals surface area contributed by atoms with Crippen molar-refractivity contribution in [1.29, 1.82) is 0 Å². The van der Waals surface area contributed by atoms with Gasteiger partial charge < -0.3 is 0 Å². The summed E-state index contributed by atoms with van der Waals surface area (Å²) < 4.78 is 0. The fourth-order valence-corrected chi connectivity index (χ4v) is 3.59. The summed E-state index contributed by atoms with van der Waals surface area (Å²) in [5.41, 5.74) is 0.944. The predicted molar refractivity (Wildman–Crippen MR) is 65.1 cm³/mol. The zero-order chi connectivity index (χ0) is 11.3. The Kier molecular flexibility index (Phi) is 2.63. The number of likely N-dealkylation sites (tertiary alicyclic amines) is 2. The van der Waals surface area contributed by atoms with Gasteiger partial charge in [-0.3, -0.25) is 9.80 Å². The maximum atomic E-state index is 2.69. The van der Waals surface area contributed by atoms with Crippen molar-refractivity contribution in [1.82, 2.24) is 9.80 Å². The van der Waals surface area contributed by atoms with E-state index in [4.69, 9.17) is 0 Å². The van der Waals surface area contributed by atoms with Crippen molar-refractivity contribution >= 4 is 0 Å². The third-order valence-corrected chi connectivity index (χ3v) is 5.11. The molecule has 0 aromatic carbocycles. The lowest BCUT2D eigenvalue weighted by atomic mass is 9.75. The molecule has 2 fully saturated rings. The van der Waals surface area contributed by atoms with Crippen LogP contribution in [0.2, 0.25) is 0 Å². The Bertz CT molecular complexity index is 251. The van der Waals surface area contributed by atoms with Gasteiger partial charge >= 0.3 is 0 Å². The molecule has 0 aliphatic carbocycles. The molecule has 2 nitrogen and oxygen atoms in total. The van der Waals surface area contributed by atoms with Crippen LogP contribution in [0.3, 0.4) is 0 Å². The third kappa shape index (κ3) is 1.45. The minimum Gasteiger partial charge on any atom is -0.298 e. The molecular weight excluding hydrogens is 184 g/mol. The zero-order valence-electron chi connectivity index (χ0n) is 11.0. The summed E-state index contributed by atoms with van der Waals surface area (Å²) >= 11 is 0. The normalized spacial score (nSPS) is 42.8. The molecule has 0 aromatic heterocycles. The van der Waals surface area contributed by atoms with E-state index >= 15 is 0 Å². The summed E-state index contributed by atoms with van der Waals surface area (Å²) in [5.74, 6) is 0. The second kappa shape index (κ2) is 3.46. The molecule has 2 aliphatic heterocycles. The molecule has 0 amide bonds. The van der Waals surface area contributed by atoms with Gasteiger partial charge in [-0.05, 0) is 40.3 Å². The molecular formula is C13H26N2. The molecule has 0 unspecified atom stereocenters. The Labute approximate surface area is 94.6 Å². The maximum absolute atomic E-state index is 2.69. The SMILES string of the molecule is CCN1CC[C@@]2(C)CN(C(C)C)C[C@@]12C. The lowest BCUT2D eigenvalue weighted by Gasteiger charge is -2.39. The summed E-state index contributed by atoms with van der Waals surface area (Å²) in [7, 11) is 0. The average molecular weight is 210 g/mol. The molecule has 0 N–H and O–H groups in total. The van der Waals surface area contributed by atoms with Crippen LogP contribution in [0.15, 0.2) is 0 Å². The standard InChI is InChI=1S/C13H26N2/c1-6-15-8-7-12(4)9-14(11(2)3)10-13(12,15)5/h11H,6-10H2,1-5H3/t12-,13+/m0/s1. The number of rotatable bonds is 2. The lowest BCUT2D eigenvalue weighted by molar-refractivity contribution is 0.108. The highest BCUT2D eigenvalue weighted by Gasteiger charge is 2.58. The molecule has 2 rings (SSSR count). The molecule has 0 spiro atoms. The van der Waals surface area contributed by atoms with Gasteiger partial charge in [-0.2, -0.15) is 0 Å². The molecule has 15 heavy (non-hydrogen) atoms. The van der Waals surface area contributed by atoms with Crippen LogP contribution in [0, 0.1) is 5.41 Å². The molecule has 88 valence electrons. The fourth-order valence-electron chi connectivity index (χ4n) is 3.59. The zero-order valence-corrected chi connectivity index (χ0v) is 11.0. The first-order valence-corrected chi connectivity index (χ1v) is 6.42. The summed E-state index contributed by atoms with van der Waals surface area (Å²) in [6, 6.07) is 0.697. The predicted octanol–water partition coefficient (Wildman–Crippen LogP) is 2.20. The van der Waals surface area contributed by atoms with E-state index in [9.17, 15) is 0 Å². The Morgan fingerprint density at radius 3 is 2.40 bits per heavy atom. The van der Waals surface area contributed by atoms with Gasteiger partial charge in [-0.1, -0.05) is 13.8 Å². The Morgan fingerprint density at radius 1 is 1.20 bits per heavy atom. The smallest absolute Gasteiger partial charge is 0.0374 e. The van der Waals surface area contributed by atoms with E-state index < -0.39 is 0 Å². The number of hydrogen-bond acceptors (Lipinski definition) is 2. The van der Waals surface area contributed by atoms with Gasteiger partial charge in [0.1, 0.15) is 0 Å². The largest absolute Gasteiger partial charge is 0.298 e. The number of hydrogen-bond donors (Lipinski definition) is 0. The average Bonchev–Trinajstić information content (AvgIpc) is 2.53. The Balaban J connectivity index is 2.23. The summed E-state index contributed by atoms with van der Waals surface area (Å²) in [6.07, 6.45) is 1.38. The first-order valence-electron chi connectivity index (χ1n) is 6.42. The molecule has 2 heteroatoms. The summed E-state index contributed by atoms with van der Waals surface area (Å²) in [4.78, 5) is 5.34. The van der Waals surface area contributed by atoms with E-state index in [1.165, 1.54) is 32.6 Å². The molecule has 0 saturated carbocycles. The number of likely N-dealkylation sites (N-methyl/N-ethyl adjacent to an activating group) is 1.